The molecule has 1 radical (unpaired) electrons. The number of aliphatic hydroxyl groups excluding tert-OH is 1. The van der Waals surface area contributed by atoms with Crippen molar-refractivity contribution in [3.05, 3.63) is 0 Å². The summed E-state index contributed by atoms with van der Waals surface area (Å²) in [4.78, 5) is 10.1. The van der Waals surface area contributed by atoms with Crippen LogP contribution in [0.15, 0.2) is 0 Å². The van der Waals surface area contributed by atoms with E-state index < -0.39 is 19.6 Å². The average Bonchev–Trinajstić information content (AvgIpc) is 2.68. The Hall–Kier alpha value is -0.228. The Morgan fingerprint density at radius 3 is 2.00 bits per heavy atom. The predicted molar refractivity (Wildman–Crippen MR) is 55.8 cm³/mol. The first kappa shape index (κ1) is 18.1. The van der Waals surface area contributed by atoms with Crippen molar-refractivity contribution in [3.8, 4) is 0 Å². The Balaban J connectivity index is 0. The number of aliphatic hydroxyl groups is 1. The Bertz CT molecular complexity index is 173. The van der Waals surface area contributed by atoms with E-state index in [4.69, 9.17) is 5.11 Å². The SMILES string of the molecule is COB(OC)OC.O=C1OCC(CO)O1.[Li]. The second-order valence-electron chi connectivity index (χ2n) is 2.48. The van der Waals surface area contributed by atoms with Gasteiger partial charge in [0.25, 0.3) is 0 Å². The van der Waals surface area contributed by atoms with Gasteiger partial charge in [0.2, 0.25) is 0 Å². The molecule has 0 spiro atoms. The molecule has 1 heterocycles. The minimum absolute atomic E-state index is 0. The Labute approximate surface area is 107 Å². The van der Waals surface area contributed by atoms with Crippen LogP contribution in [0.2, 0.25) is 0 Å². The minimum atomic E-state index is -0.691. The van der Waals surface area contributed by atoms with Gasteiger partial charge in [0, 0.05) is 40.2 Å². The van der Waals surface area contributed by atoms with Gasteiger partial charge in [-0.1, -0.05) is 0 Å². The maximum atomic E-state index is 10.1. The molecule has 9 heteroatoms. The molecule has 89 valence electrons. The molecule has 1 N–H and O–H groups in total. The molecule has 1 atom stereocenters. The van der Waals surface area contributed by atoms with Crippen LogP contribution >= 0.6 is 0 Å². The first-order valence-corrected chi connectivity index (χ1v) is 4.20. The van der Waals surface area contributed by atoms with Gasteiger partial charge in [0.1, 0.15) is 6.61 Å². The molecule has 0 amide bonds. The molecule has 0 saturated carbocycles. The molecule has 0 aliphatic carbocycles. The van der Waals surface area contributed by atoms with Crippen LogP contribution in [0, 0.1) is 0 Å². The predicted octanol–water partition coefficient (Wildman–Crippen LogP) is -0.956. The Morgan fingerprint density at radius 2 is 1.88 bits per heavy atom. The van der Waals surface area contributed by atoms with Crippen LogP contribution in [0.3, 0.4) is 0 Å². The van der Waals surface area contributed by atoms with Crippen molar-refractivity contribution < 1.29 is 33.3 Å². The molecule has 1 aliphatic heterocycles. The first-order valence-electron chi connectivity index (χ1n) is 4.20. The van der Waals surface area contributed by atoms with E-state index in [2.05, 4.69) is 23.4 Å². The number of carbonyl (C=O) groups excluding carboxylic acids is 1. The molecule has 0 aromatic heterocycles. The van der Waals surface area contributed by atoms with Gasteiger partial charge in [-0.2, -0.15) is 0 Å². The van der Waals surface area contributed by atoms with Gasteiger partial charge in [-0.15, -0.1) is 0 Å². The molecule has 1 fully saturated rings. The smallest absolute Gasteiger partial charge is 0.430 e. The quantitative estimate of drug-likeness (QED) is 0.491. The molecule has 1 unspecified atom stereocenters. The first-order chi connectivity index (χ1) is 7.17. The van der Waals surface area contributed by atoms with Crippen molar-refractivity contribution in [3.63, 3.8) is 0 Å². The number of hydrogen-bond acceptors (Lipinski definition) is 7. The van der Waals surface area contributed by atoms with Gasteiger partial charge in [-0.05, 0) is 0 Å². The van der Waals surface area contributed by atoms with Crippen LogP contribution in [-0.4, -0.2) is 78.1 Å². The summed E-state index contributed by atoms with van der Waals surface area (Å²) < 4.78 is 22.5. The van der Waals surface area contributed by atoms with Gasteiger partial charge in [-0.25, -0.2) is 4.79 Å². The van der Waals surface area contributed by atoms with E-state index in [1.165, 1.54) is 21.3 Å². The summed E-state index contributed by atoms with van der Waals surface area (Å²) in [5.41, 5.74) is 0. The molecule has 0 aromatic carbocycles. The second-order valence-corrected chi connectivity index (χ2v) is 2.48. The summed E-state index contributed by atoms with van der Waals surface area (Å²) in [6.45, 7) is 0.0150. The zero-order chi connectivity index (χ0) is 11.7. The van der Waals surface area contributed by atoms with E-state index >= 15 is 0 Å². The van der Waals surface area contributed by atoms with E-state index in [9.17, 15) is 4.79 Å². The van der Waals surface area contributed by atoms with Crippen molar-refractivity contribution in [1.82, 2.24) is 0 Å². The maximum Gasteiger partial charge on any atom is 0.638 e. The Kier molecular flexibility index (Phi) is 12.8. The van der Waals surface area contributed by atoms with E-state index in [-0.39, 0.29) is 32.1 Å². The van der Waals surface area contributed by atoms with Crippen molar-refractivity contribution in [1.29, 1.82) is 0 Å². The molecule has 0 aromatic rings. The molecule has 1 saturated heterocycles. The molecular weight excluding hydrogens is 214 g/mol. The van der Waals surface area contributed by atoms with E-state index in [1.54, 1.807) is 0 Å². The monoisotopic (exact) mass is 229 g/mol. The van der Waals surface area contributed by atoms with Crippen molar-refractivity contribution in [2.24, 2.45) is 0 Å². The second kappa shape index (κ2) is 11.3. The summed E-state index contributed by atoms with van der Waals surface area (Å²) in [6, 6.07) is 0. The van der Waals surface area contributed by atoms with Crippen LogP contribution in [0.1, 0.15) is 0 Å². The van der Waals surface area contributed by atoms with Crippen LogP contribution in [0.4, 0.5) is 4.79 Å². The summed E-state index contributed by atoms with van der Waals surface area (Å²) in [7, 11) is 4.02. The van der Waals surface area contributed by atoms with Gasteiger partial charge < -0.3 is 28.5 Å². The maximum absolute atomic E-state index is 10.1. The fourth-order valence-corrected chi connectivity index (χ4v) is 0.744. The minimum Gasteiger partial charge on any atom is -0.430 e. The van der Waals surface area contributed by atoms with E-state index in [0.717, 1.165) is 0 Å². The van der Waals surface area contributed by atoms with E-state index in [0.29, 0.717) is 0 Å². The third kappa shape index (κ3) is 7.99. The van der Waals surface area contributed by atoms with Gasteiger partial charge in [0.15, 0.2) is 6.10 Å². The number of carbonyl (C=O) groups is 1. The molecule has 0 bridgehead atoms. The van der Waals surface area contributed by atoms with Crippen LogP contribution in [-0.2, 0) is 23.4 Å². The number of ether oxygens (including phenoxy) is 2. The van der Waals surface area contributed by atoms with Crippen molar-refractivity contribution in [2.75, 3.05) is 34.5 Å². The van der Waals surface area contributed by atoms with Gasteiger partial charge in [-0.3, -0.25) is 0 Å². The molecule has 16 heavy (non-hydrogen) atoms. The van der Waals surface area contributed by atoms with Crippen molar-refractivity contribution >= 4 is 32.3 Å². The van der Waals surface area contributed by atoms with Gasteiger partial charge >= 0.3 is 13.5 Å². The fraction of sp³-hybridized carbons (Fsp3) is 0.857. The molecule has 1 aliphatic rings. The molecule has 7 nitrogen and oxygen atoms in total. The van der Waals surface area contributed by atoms with Crippen molar-refractivity contribution in [2.45, 2.75) is 6.10 Å². The standard InChI is InChI=1S/C4H6O4.C3H9BO3.Li/c5-1-3-2-7-4(6)8-3;1-5-4(6-2)7-3;/h3,5H,1-2H2;1-3H3;. The zero-order valence-corrected chi connectivity index (χ0v) is 9.97. The fourth-order valence-electron chi connectivity index (χ4n) is 0.744. The summed E-state index contributed by atoms with van der Waals surface area (Å²) >= 11 is 0. The summed E-state index contributed by atoms with van der Waals surface area (Å²) in [6.07, 6.45) is -1.13. The summed E-state index contributed by atoms with van der Waals surface area (Å²) in [5, 5.41) is 8.33. The third-order valence-corrected chi connectivity index (χ3v) is 1.43. The molecule has 1 rings (SSSR count). The van der Waals surface area contributed by atoms with Crippen LogP contribution in [0.25, 0.3) is 0 Å². The topological polar surface area (TPSA) is 83.5 Å². The number of rotatable bonds is 4. The average molecular weight is 229 g/mol. The van der Waals surface area contributed by atoms with E-state index in [1.807, 2.05) is 0 Å². The Morgan fingerprint density at radius 1 is 1.38 bits per heavy atom. The van der Waals surface area contributed by atoms with Crippen LogP contribution < -0.4 is 0 Å². The summed E-state index contributed by atoms with van der Waals surface area (Å²) in [5.74, 6) is 0. The molecular formula is C7H15BLiO7. The zero-order valence-electron chi connectivity index (χ0n) is 9.97. The normalized spacial score (nSPS) is 17.5. The van der Waals surface area contributed by atoms with Crippen LogP contribution in [0.5, 0.6) is 0 Å². The third-order valence-electron chi connectivity index (χ3n) is 1.43. The largest absolute Gasteiger partial charge is 0.638 e. The number of hydrogen-bond donors (Lipinski definition) is 1. The van der Waals surface area contributed by atoms with Gasteiger partial charge in [0.05, 0.1) is 6.61 Å². The number of cyclic esters (lactones) is 2.